The smallest absolute Gasteiger partial charge is 0.194 e. The van der Waals surface area contributed by atoms with Gasteiger partial charge in [0.1, 0.15) is 5.82 Å². The maximum Gasteiger partial charge on any atom is 0.194 e. The first-order chi connectivity index (χ1) is 12.8. The largest absolute Gasteiger partial charge is 0.357 e. The fourth-order valence-corrected chi connectivity index (χ4v) is 3.90. The Hall–Kier alpha value is -1.82. The van der Waals surface area contributed by atoms with Crippen molar-refractivity contribution in [1.29, 1.82) is 0 Å². The van der Waals surface area contributed by atoms with Crippen LogP contribution in [0.15, 0.2) is 29.4 Å². The zero-order valence-electron chi connectivity index (χ0n) is 16.4. The molecule has 1 aromatic rings. The first kappa shape index (κ1) is 19.0. The number of aromatic nitrogens is 1. The first-order valence-electron chi connectivity index (χ1n) is 10.2. The molecule has 6 nitrogen and oxygen atoms in total. The number of hydrogen-bond acceptors (Lipinski definition) is 4. The van der Waals surface area contributed by atoms with Gasteiger partial charge in [0.25, 0.3) is 0 Å². The summed E-state index contributed by atoms with van der Waals surface area (Å²) in [5, 5.41) is 3.48. The lowest BCUT2D eigenvalue weighted by Crippen LogP contribution is -2.53. The van der Waals surface area contributed by atoms with Crippen LogP contribution in [-0.2, 0) is 0 Å². The van der Waals surface area contributed by atoms with Gasteiger partial charge in [-0.05, 0) is 44.4 Å². The summed E-state index contributed by atoms with van der Waals surface area (Å²) in [6.45, 7) is 13.8. The summed E-state index contributed by atoms with van der Waals surface area (Å²) < 4.78 is 0. The second-order valence-corrected chi connectivity index (χ2v) is 7.45. The zero-order valence-corrected chi connectivity index (χ0v) is 16.4. The molecule has 2 saturated heterocycles. The molecule has 6 heteroatoms. The van der Waals surface area contributed by atoms with Crippen LogP contribution in [0.4, 0.5) is 5.82 Å². The van der Waals surface area contributed by atoms with Gasteiger partial charge in [0.2, 0.25) is 0 Å². The number of pyridine rings is 1. The standard InChI is InChI=1S/C20H34N6/c1-3-21-20(23-10-12-24-11-6-7-18(2)17-24)26-15-13-25(14-16-26)19-8-4-5-9-22-19/h4-5,8-9,18H,3,6-7,10-17H2,1-2H3,(H,21,23). The molecule has 1 atom stereocenters. The van der Waals surface area contributed by atoms with Crippen LogP contribution in [0.3, 0.4) is 0 Å². The van der Waals surface area contributed by atoms with Crippen molar-refractivity contribution >= 4 is 11.8 Å². The minimum absolute atomic E-state index is 0.834. The molecular formula is C20H34N6. The number of likely N-dealkylation sites (tertiary alicyclic amines) is 1. The lowest BCUT2D eigenvalue weighted by atomic mass is 10.0. The Morgan fingerprint density at radius 2 is 2.08 bits per heavy atom. The van der Waals surface area contributed by atoms with Crippen molar-refractivity contribution < 1.29 is 0 Å². The van der Waals surface area contributed by atoms with Gasteiger partial charge in [-0.1, -0.05) is 13.0 Å². The molecule has 0 amide bonds. The van der Waals surface area contributed by atoms with Crippen LogP contribution in [0.2, 0.25) is 0 Å². The number of piperazine rings is 1. The Morgan fingerprint density at radius 1 is 1.23 bits per heavy atom. The number of nitrogens with one attached hydrogen (secondary N) is 1. The van der Waals surface area contributed by atoms with E-state index in [1.807, 2.05) is 12.3 Å². The minimum atomic E-state index is 0.834. The maximum absolute atomic E-state index is 4.91. The van der Waals surface area contributed by atoms with Gasteiger partial charge >= 0.3 is 0 Å². The summed E-state index contributed by atoms with van der Waals surface area (Å²) in [4.78, 5) is 16.7. The average Bonchev–Trinajstić information content (AvgIpc) is 2.68. The van der Waals surface area contributed by atoms with Crippen molar-refractivity contribution in [2.24, 2.45) is 10.9 Å². The maximum atomic E-state index is 4.91. The van der Waals surface area contributed by atoms with Gasteiger partial charge in [-0.25, -0.2) is 4.98 Å². The van der Waals surface area contributed by atoms with Gasteiger partial charge in [0.15, 0.2) is 5.96 Å². The van der Waals surface area contributed by atoms with E-state index in [0.717, 1.165) is 63.5 Å². The summed E-state index contributed by atoms with van der Waals surface area (Å²) in [6.07, 6.45) is 4.58. The monoisotopic (exact) mass is 358 g/mol. The molecule has 0 saturated carbocycles. The Morgan fingerprint density at radius 3 is 2.77 bits per heavy atom. The number of rotatable bonds is 5. The summed E-state index contributed by atoms with van der Waals surface area (Å²) in [7, 11) is 0. The predicted molar refractivity (Wildman–Crippen MR) is 109 cm³/mol. The molecule has 1 aromatic heterocycles. The molecule has 1 unspecified atom stereocenters. The molecule has 0 spiro atoms. The zero-order chi connectivity index (χ0) is 18.2. The van der Waals surface area contributed by atoms with E-state index in [9.17, 15) is 0 Å². The molecule has 0 aromatic carbocycles. The molecule has 2 aliphatic heterocycles. The van der Waals surface area contributed by atoms with Gasteiger partial charge in [-0.2, -0.15) is 0 Å². The lowest BCUT2D eigenvalue weighted by Gasteiger charge is -2.37. The summed E-state index contributed by atoms with van der Waals surface area (Å²) in [5.74, 6) is 2.98. The number of aliphatic imine (C=N–C) groups is 1. The van der Waals surface area contributed by atoms with E-state index in [1.54, 1.807) is 0 Å². The van der Waals surface area contributed by atoms with Crippen molar-refractivity contribution in [3.8, 4) is 0 Å². The molecule has 26 heavy (non-hydrogen) atoms. The third-order valence-electron chi connectivity index (χ3n) is 5.31. The highest BCUT2D eigenvalue weighted by Crippen LogP contribution is 2.15. The van der Waals surface area contributed by atoms with Crippen LogP contribution in [0.5, 0.6) is 0 Å². The van der Waals surface area contributed by atoms with E-state index in [0.29, 0.717) is 0 Å². The highest BCUT2D eigenvalue weighted by Gasteiger charge is 2.20. The van der Waals surface area contributed by atoms with Crippen LogP contribution in [0, 0.1) is 5.92 Å². The summed E-state index contributed by atoms with van der Waals surface area (Å²) in [6, 6.07) is 6.12. The van der Waals surface area contributed by atoms with Crippen LogP contribution in [0.1, 0.15) is 26.7 Å². The average molecular weight is 359 g/mol. The minimum Gasteiger partial charge on any atom is -0.357 e. The van der Waals surface area contributed by atoms with E-state index < -0.39 is 0 Å². The molecule has 3 heterocycles. The van der Waals surface area contributed by atoms with Crippen LogP contribution < -0.4 is 10.2 Å². The van der Waals surface area contributed by atoms with E-state index in [2.05, 4.69) is 51.0 Å². The summed E-state index contributed by atoms with van der Waals surface area (Å²) >= 11 is 0. The van der Waals surface area contributed by atoms with Gasteiger partial charge in [-0.3, -0.25) is 4.99 Å². The summed E-state index contributed by atoms with van der Waals surface area (Å²) in [5.41, 5.74) is 0. The van der Waals surface area contributed by atoms with Crippen molar-refractivity contribution in [2.75, 3.05) is 63.8 Å². The van der Waals surface area contributed by atoms with Crippen LogP contribution in [-0.4, -0.2) is 79.6 Å². The van der Waals surface area contributed by atoms with Crippen molar-refractivity contribution in [3.63, 3.8) is 0 Å². The Labute approximate surface area is 158 Å². The second kappa shape index (κ2) is 9.76. The molecular weight excluding hydrogens is 324 g/mol. The van der Waals surface area contributed by atoms with Crippen molar-refractivity contribution in [2.45, 2.75) is 26.7 Å². The third-order valence-corrected chi connectivity index (χ3v) is 5.31. The topological polar surface area (TPSA) is 47.0 Å². The Kier molecular flexibility index (Phi) is 7.12. The molecule has 0 bridgehead atoms. The van der Waals surface area contributed by atoms with Crippen molar-refractivity contribution in [1.82, 2.24) is 20.1 Å². The second-order valence-electron chi connectivity index (χ2n) is 7.45. The number of nitrogens with zero attached hydrogens (tertiary/aromatic N) is 5. The van der Waals surface area contributed by atoms with E-state index in [1.165, 1.54) is 25.9 Å². The molecule has 0 aliphatic carbocycles. The molecule has 2 aliphatic rings. The van der Waals surface area contributed by atoms with Gasteiger partial charge in [0, 0.05) is 52.0 Å². The van der Waals surface area contributed by atoms with Gasteiger partial charge in [0.05, 0.1) is 6.54 Å². The van der Waals surface area contributed by atoms with E-state index >= 15 is 0 Å². The predicted octanol–water partition coefficient (Wildman–Crippen LogP) is 1.90. The normalized spacial score (nSPS) is 22.5. The number of anilines is 1. The quantitative estimate of drug-likeness (QED) is 0.643. The number of hydrogen-bond donors (Lipinski definition) is 1. The molecule has 0 radical (unpaired) electrons. The van der Waals surface area contributed by atoms with E-state index in [-0.39, 0.29) is 0 Å². The molecule has 1 N–H and O–H groups in total. The fraction of sp³-hybridized carbons (Fsp3) is 0.700. The SMILES string of the molecule is CCNC(=NCCN1CCCC(C)C1)N1CCN(c2ccccn2)CC1. The van der Waals surface area contributed by atoms with Gasteiger partial charge in [-0.15, -0.1) is 0 Å². The Balaban J connectivity index is 1.49. The van der Waals surface area contributed by atoms with Gasteiger partial charge < -0.3 is 20.0 Å². The highest BCUT2D eigenvalue weighted by atomic mass is 15.4. The fourth-order valence-electron chi connectivity index (χ4n) is 3.90. The third kappa shape index (κ3) is 5.34. The van der Waals surface area contributed by atoms with Crippen molar-refractivity contribution in [3.05, 3.63) is 24.4 Å². The molecule has 2 fully saturated rings. The number of piperidine rings is 1. The first-order valence-corrected chi connectivity index (χ1v) is 10.2. The molecule has 3 rings (SSSR count). The van der Waals surface area contributed by atoms with Crippen LogP contribution in [0.25, 0.3) is 0 Å². The number of guanidine groups is 1. The molecule has 144 valence electrons. The van der Waals surface area contributed by atoms with E-state index in [4.69, 9.17) is 4.99 Å². The van der Waals surface area contributed by atoms with Crippen LogP contribution >= 0.6 is 0 Å². The highest BCUT2D eigenvalue weighted by molar-refractivity contribution is 5.80. The Bertz CT molecular complexity index is 553. The lowest BCUT2D eigenvalue weighted by molar-refractivity contribution is 0.188.